The summed E-state index contributed by atoms with van der Waals surface area (Å²) in [5.41, 5.74) is 2.84. The molecule has 15 heavy (non-hydrogen) atoms. The average Bonchev–Trinajstić information content (AvgIpc) is 2.21. The van der Waals surface area contributed by atoms with E-state index < -0.39 is 0 Å². The first-order valence-electron chi connectivity index (χ1n) is 5.66. The van der Waals surface area contributed by atoms with E-state index in [1.165, 1.54) is 11.1 Å². The van der Waals surface area contributed by atoms with Crippen molar-refractivity contribution in [2.24, 2.45) is 0 Å². The molecule has 0 fully saturated rings. The lowest BCUT2D eigenvalue weighted by molar-refractivity contribution is 0.526. The van der Waals surface area contributed by atoms with E-state index in [-0.39, 0.29) is 0 Å². The quantitative estimate of drug-likeness (QED) is 0.741. The Kier molecular flexibility index (Phi) is 5.37. The topological polar surface area (TPSA) is 24.1 Å². The molecule has 0 saturated carbocycles. The highest BCUT2D eigenvalue weighted by Gasteiger charge is 2.00. The smallest absolute Gasteiger partial charge is 0.0164 e. The lowest BCUT2D eigenvalue weighted by Gasteiger charge is -2.13. The maximum atomic E-state index is 3.50. The fourth-order valence-electron chi connectivity index (χ4n) is 1.72. The molecule has 0 aliphatic rings. The number of nitrogens with one attached hydrogen (secondary N) is 2. The van der Waals surface area contributed by atoms with Crippen molar-refractivity contribution in [1.82, 2.24) is 10.6 Å². The van der Waals surface area contributed by atoms with Crippen molar-refractivity contribution in [3.05, 3.63) is 35.4 Å². The SMILES string of the molecule is CNCC(C)NCCc1ccccc1C. The summed E-state index contributed by atoms with van der Waals surface area (Å²) < 4.78 is 0. The van der Waals surface area contributed by atoms with Crippen LogP contribution in [-0.2, 0) is 6.42 Å². The van der Waals surface area contributed by atoms with Gasteiger partial charge >= 0.3 is 0 Å². The highest BCUT2D eigenvalue weighted by molar-refractivity contribution is 5.25. The van der Waals surface area contributed by atoms with Crippen LogP contribution in [0.2, 0.25) is 0 Å². The second-order valence-corrected chi connectivity index (χ2v) is 4.09. The van der Waals surface area contributed by atoms with Crippen molar-refractivity contribution >= 4 is 0 Å². The molecule has 1 atom stereocenters. The third-order valence-electron chi connectivity index (χ3n) is 2.66. The largest absolute Gasteiger partial charge is 0.318 e. The standard InChI is InChI=1S/C13H22N2/c1-11-6-4-5-7-13(11)8-9-15-12(2)10-14-3/h4-7,12,14-15H,8-10H2,1-3H3. The molecule has 1 unspecified atom stereocenters. The molecule has 84 valence electrons. The minimum atomic E-state index is 0.541. The number of hydrogen-bond acceptors (Lipinski definition) is 2. The number of aryl methyl sites for hydroxylation is 1. The minimum Gasteiger partial charge on any atom is -0.318 e. The molecule has 0 radical (unpaired) electrons. The number of hydrogen-bond donors (Lipinski definition) is 2. The monoisotopic (exact) mass is 206 g/mol. The lowest BCUT2D eigenvalue weighted by atomic mass is 10.1. The molecule has 0 spiro atoms. The summed E-state index contributed by atoms with van der Waals surface area (Å²) in [7, 11) is 1.99. The molecule has 1 rings (SSSR count). The predicted octanol–water partition coefficient (Wildman–Crippen LogP) is 1.74. The maximum Gasteiger partial charge on any atom is 0.0164 e. The minimum absolute atomic E-state index is 0.541. The van der Waals surface area contributed by atoms with Crippen LogP contribution in [0.4, 0.5) is 0 Å². The molecule has 0 bridgehead atoms. The van der Waals surface area contributed by atoms with E-state index >= 15 is 0 Å². The molecule has 1 aromatic rings. The summed E-state index contributed by atoms with van der Waals surface area (Å²) in [6, 6.07) is 9.13. The average molecular weight is 206 g/mol. The van der Waals surface area contributed by atoms with E-state index in [1.807, 2.05) is 7.05 Å². The zero-order chi connectivity index (χ0) is 11.1. The van der Waals surface area contributed by atoms with Crippen molar-refractivity contribution in [3.63, 3.8) is 0 Å². The van der Waals surface area contributed by atoms with Gasteiger partial charge in [0.25, 0.3) is 0 Å². The predicted molar refractivity (Wildman–Crippen MR) is 66.3 cm³/mol. The van der Waals surface area contributed by atoms with Gasteiger partial charge in [-0.3, -0.25) is 0 Å². The van der Waals surface area contributed by atoms with E-state index in [4.69, 9.17) is 0 Å². The van der Waals surface area contributed by atoms with E-state index in [0.717, 1.165) is 19.5 Å². The Morgan fingerprint density at radius 2 is 2.00 bits per heavy atom. The summed E-state index contributed by atoms with van der Waals surface area (Å²) in [4.78, 5) is 0. The summed E-state index contributed by atoms with van der Waals surface area (Å²) in [5, 5.41) is 6.66. The van der Waals surface area contributed by atoms with Crippen LogP contribution in [0.5, 0.6) is 0 Å². The first-order chi connectivity index (χ1) is 7.24. The van der Waals surface area contributed by atoms with Crippen LogP contribution in [0.3, 0.4) is 0 Å². The van der Waals surface area contributed by atoms with Crippen LogP contribution >= 0.6 is 0 Å². The van der Waals surface area contributed by atoms with Crippen molar-refractivity contribution < 1.29 is 0 Å². The Morgan fingerprint density at radius 3 is 2.67 bits per heavy atom. The summed E-state index contributed by atoms with van der Waals surface area (Å²) in [6.07, 6.45) is 1.11. The highest BCUT2D eigenvalue weighted by atomic mass is 15.0. The normalized spacial score (nSPS) is 12.7. The van der Waals surface area contributed by atoms with Crippen LogP contribution in [0.15, 0.2) is 24.3 Å². The van der Waals surface area contributed by atoms with Gasteiger partial charge in [0.05, 0.1) is 0 Å². The first kappa shape index (κ1) is 12.2. The van der Waals surface area contributed by atoms with Gasteiger partial charge in [0.15, 0.2) is 0 Å². The van der Waals surface area contributed by atoms with Gasteiger partial charge in [-0.05, 0) is 45.0 Å². The molecule has 2 heteroatoms. The van der Waals surface area contributed by atoms with Crippen molar-refractivity contribution in [3.8, 4) is 0 Å². The molecular formula is C13H22N2. The van der Waals surface area contributed by atoms with Gasteiger partial charge in [-0.2, -0.15) is 0 Å². The molecule has 0 aliphatic heterocycles. The van der Waals surface area contributed by atoms with Gasteiger partial charge in [-0.1, -0.05) is 24.3 Å². The molecule has 0 amide bonds. The Labute approximate surface area is 93.1 Å². The lowest BCUT2D eigenvalue weighted by Crippen LogP contribution is -2.36. The molecule has 2 N–H and O–H groups in total. The van der Waals surface area contributed by atoms with E-state index in [2.05, 4.69) is 48.7 Å². The molecule has 1 aromatic carbocycles. The van der Waals surface area contributed by atoms with Gasteiger partial charge in [-0.25, -0.2) is 0 Å². The second kappa shape index (κ2) is 6.59. The summed E-state index contributed by atoms with van der Waals surface area (Å²) >= 11 is 0. The van der Waals surface area contributed by atoms with E-state index in [9.17, 15) is 0 Å². The molecule has 0 aromatic heterocycles. The molecule has 0 heterocycles. The van der Waals surface area contributed by atoms with Crippen molar-refractivity contribution in [1.29, 1.82) is 0 Å². The first-order valence-corrected chi connectivity index (χ1v) is 5.66. The van der Waals surface area contributed by atoms with Gasteiger partial charge in [0.1, 0.15) is 0 Å². The fraction of sp³-hybridized carbons (Fsp3) is 0.538. The maximum absolute atomic E-state index is 3.50. The van der Waals surface area contributed by atoms with Gasteiger partial charge in [-0.15, -0.1) is 0 Å². The van der Waals surface area contributed by atoms with Crippen molar-refractivity contribution in [2.75, 3.05) is 20.1 Å². The highest BCUT2D eigenvalue weighted by Crippen LogP contribution is 2.06. The number of rotatable bonds is 6. The zero-order valence-corrected chi connectivity index (χ0v) is 10.0. The van der Waals surface area contributed by atoms with Crippen LogP contribution < -0.4 is 10.6 Å². The van der Waals surface area contributed by atoms with Gasteiger partial charge in [0.2, 0.25) is 0 Å². The zero-order valence-electron chi connectivity index (χ0n) is 10.0. The number of benzene rings is 1. The second-order valence-electron chi connectivity index (χ2n) is 4.09. The van der Waals surface area contributed by atoms with Crippen LogP contribution in [-0.4, -0.2) is 26.2 Å². The van der Waals surface area contributed by atoms with Crippen LogP contribution in [0.1, 0.15) is 18.1 Å². The summed E-state index contributed by atoms with van der Waals surface area (Å²) in [6.45, 7) is 6.45. The Balaban J connectivity index is 2.29. The fourth-order valence-corrected chi connectivity index (χ4v) is 1.72. The number of likely N-dealkylation sites (N-methyl/N-ethyl adjacent to an activating group) is 1. The van der Waals surface area contributed by atoms with Gasteiger partial charge in [0, 0.05) is 12.6 Å². The molecule has 2 nitrogen and oxygen atoms in total. The molecule has 0 aliphatic carbocycles. The Bertz CT molecular complexity index is 284. The Hall–Kier alpha value is -0.860. The molecule has 0 saturated heterocycles. The van der Waals surface area contributed by atoms with Gasteiger partial charge < -0.3 is 10.6 Å². The van der Waals surface area contributed by atoms with E-state index in [0.29, 0.717) is 6.04 Å². The summed E-state index contributed by atoms with van der Waals surface area (Å²) in [5.74, 6) is 0. The van der Waals surface area contributed by atoms with Crippen molar-refractivity contribution in [2.45, 2.75) is 26.3 Å². The third-order valence-corrected chi connectivity index (χ3v) is 2.66. The molecular weight excluding hydrogens is 184 g/mol. The van der Waals surface area contributed by atoms with Crippen LogP contribution in [0.25, 0.3) is 0 Å². The van der Waals surface area contributed by atoms with Crippen LogP contribution in [0, 0.1) is 6.92 Å². The Morgan fingerprint density at radius 1 is 1.27 bits per heavy atom. The third kappa shape index (κ3) is 4.45. The van der Waals surface area contributed by atoms with E-state index in [1.54, 1.807) is 0 Å².